The van der Waals surface area contributed by atoms with Gasteiger partial charge in [-0.05, 0) is 57.4 Å². The van der Waals surface area contributed by atoms with Crippen molar-refractivity contribution in [3.05, 3.63) is 29.3 Å². The number of ether oxygens (including phenoxy) is 1. The van der Waals surface area contributed by atoms with Crippen molar-refractivity contribution in [2.75, 3.05) is 6.54 Å². The van der Waals surface area contributed by atoms with Crippen LogP contribution in [-0.4, -0.2) is 23.8 Å². The van der Waals surface area contributed by atoms with E-state index in [0.717, 1.165) is 24.9 Å². The first-order valence-corrected chi connectivity index (χ1v) is 6.90. The molecule has 1 saturated heterocycles. The van der Waals surface area contributed by atoms with Crippen LogP contribution >= 0.6 is 0 Å². The largest absolute Gasteiger partial charge is 0.573 e. The average Bonchev–Trinajstić information content (AvgIpc) is 2.79. The predicted molar refractivity (Wildman–Crippen MR) is 71.7 cm³/mol. The van der Waals surface area contributed by atoms with E-state index in [1.165, 1.54) is 6.07 Å². The molecule has 1 unspecified atom stereocenters. The first-order valence-electron chi connectivity index (χ1n) is 6.90. The molecule has 2 nitrogen and oxygen atoms in total. The van der Waals surface area contributed by atoms with Crippen molar-refractivity contribution in [3.8, 4) is 5.75 Å². The van der Waals surface area contributed by atoms with Crippen LogP contribution < -0.4 is 4.74 Å². The number of aryl methyl sites for hydroxylation is 1. The third-order valence-corrected chi connectivity index (χ3v) is 3.78. The van der Waals surface area contributed by atoms with Gasteiger partial charge in [0.15, 0.2) is 0 Å². The molecular weight excluding hydrogens is 267 g/mol. The zero-order valence-corrected chi connectivity index (χ0v) is 12.0. The Kier molecular flexibility index (Phi) is 4.28. The molecule has 0 bridgehead atoms. The Morgan fingerprint density at radius 3 is 2.60 bits per heavy atom. The van der Waals surface area contributed by atoms with E-state index in [1.54, 1.807) is 13.0 Å². The fourth-order valence-electron chi connectivity index (χ4n) is 2.82. The maximum absolute atomic E-state index is 12.4. The Morgan fingerprint density at radius 1 is 1.30 bits per heavy atom. The number of benzene rings is 1. The lowest BCUT2D eigenvalue weighted by atomic mass is 10.0. The van der Waals surface area contributed by atoms with Crippen molar-refractivity contribution in [1.29, 1.82) is 0 Å². The summed E-state index contributed by atoms with van der Waals surface area (Å²) in [5.74, 6) is -0.0920. The van der Waals surface area contributed by atoms with Gasteiger partial charge >= 0.3 is 6.36 Å². The second-order valence-corrected chi connectivity index (χ2v) is 5.56. The maximum Gasteiger partial charge on any atom is 0.573 e. The van der Waals surface area contributed by atoms with E-state index in [1.807, 2.05) is 6.07 Å². The van der Waals surface area contributed by atoms with E-state index in [-0.39, 0.29) is 11.8 Å². The summed E-state index contributed by atoms with van der Waals surface area (Å²) in [4.78, 5) is 2.32. The number of rotatable bonds is 3. The standard InChI is InChI=1S/C15H20F3NO/c1-10(2)19-8-4-5-13(19)12-7-6-11(3)14(9-12)20-15(16,17)18/h6-7,9-10,13H,4-5,8H2,1-3H3. The Bertz CT molecular complexity index is 471. The van der Waals surface area contributed by atoms with Crippen LogP contribution in [0.2, 0.25) is 0 Å². The fourth-order valence-corrected chi connectivity index (χ4v) is 2.82. The third-order valence-electron chi connectivity index (χ3n) is 3.78. The molecule has 5 heteroatoms. The van der Waals surface area contributed by atoms with Crippen molar-refractivity contribution >= 4 is 0 Å². The third kappa shape index (κ3) is 3.45. The number of halogens is 3. The van der Waals surface area contributed by atoms with Crippen LogP contribution in [0.3, 0.4) is 0 Å². The molecule has 1 aromatic rings. The Labute approximate surface area is 117 Å². The molecule has 1 aromatic carbocycles. The van der Waals surface area contributed by atoms with Crippen molar-refractivity contribution in [2.45, 2.75) is 52.1 Å². The summed E-state index contributed by atoms with van der Waals surface area (Å²) in [6.45, 7) is 6.84. The fraction of sp³-hybridized carbons (Fsp3) is 0.600. The summed E-state index contributed by atoms with van der Waals surface area (Å²) < 4.78 is 41.3. The minimum atomic E-state index is -4.64. The molecule has 2 rings (SSSR count). The van der Waals surface area contributed by atoms with Gasteiger partial charge in [-0.2, -0.15) is 0 Å². The summed E-state index contributed by atoms with van der Waals surface area (Å²) >= 11 is 0. The highest BCUT2D eigenvalue weighted by Gasteiger charge is 2.33. The quantitative estimate of drug-likeness (QED) is 0.815. The van der Waals surface area contributed by atoms with Crippen LogP contribution in [0.15, 0.2) is 18.2 Å². The summed E-state index contributed by atoms with van der Waals surface area (Å²) in [6.07, 6.45) is -2.59. The first-order chi connectivity index (χ1) is 9.28. The van der Waals surface area contributed by atoms with Crippen molar-refractivity contribution in [2.24, 2.45) is 0 Å². The Morgan fingerprint density at radius 2 is 2.00 bits per heavy atom. The second-order valence-electron chi connectivity index (χ2n) is 5.56. The summed E-state index contributed by atoms with van der Waals surface area (Å²) in [5.41, 5.74) is 1.40. The molecule has 1 aliphatic heterocycles. The molecule has 1 atom stereocenters. The number of hydrogen-bond acceptors (Lipinski definition) is 2. The van der Waals surface area contributed by atoms with E-state index in [9.17, 15) is 13.2 Å². The van der Waals surface area contributed by atoms with Gasteiger partial charge in [-0.25, -0.2) is 0 Å². The predicted octanol–water partition coefficient (Wildman–Crippen LogP) is 4.44. The molecule has 0 amide bonds. The molecule has 0 radical (unpaired) electrons. The van der Waals surface area contributed by atoms with E-state index < -0.39 is 6.36 Å². The number of hydrogen-bond donors (Lipinski definition) is 0. The summed E-state index contributed by atoms with van der Waals surface area (Å²) in [7, 11) is 0. The van der Waals surface area contributed by atoms with E-state index in [2.05, 4.69) is 23.5 Å². The van der Waals surface area contributed by atoms with Gasteiger partial charge in [-0.15, -0.1) is 13.2 Å². The lowest BCUT2D eigenvalue weighted by Gasteiger charge is -2.29. The van der Waals surface area contributed by atoms with Crippen LogP contribution in [0, 0.1) is 6.92 Å². The second kappa shape index (κ2) is 5.64. The number of likely N-dealkylation sites (tertiary alicyclic amines) is 1. The molecule has 1 fully saturated rings. The van der Waals surface area contributed by atoms with Crippen LogP contribution in [0.5, 0.6) is 5.75 Å². The van der Waals surface area contributed by atoms with Gasteiger partial charge in [-0.1, -0.05) is 12.1 Å². The molecule has 0 aliphatic carbocycles. The summed E-state index contributed by atoms with van der Waals surface area (Å²) in [6, 6.07) is 5.72. The molecule has 0 saturated carbocycles. The van der Waals surface area contributed by atoms with Gasteiger partial charge in [0.2, 0.25) is 0 Å². The number of alkyl halides is 3. The molecule has 0 N–H and O–H groups in total. The molecule has 0 aromatic heterocycles. The first kappa shape index (κ1) is 15.2. The van der Waals surface area contributed by atoms with Gasteiger partial charge in [-0.3, -0.25) is 4.90 Å². The lowest BCUT2D eigenvalue weighted by Crippen LogP contribution is -2.30. The van der Waals surface area contributed by atoms with Crippen LogP contribution in [0.1, 0.15) is 43.9 Å². The van der Waals surface area contributed by atoms with Gasteiger partial charge < -0.3 is 4.74 Å². The zero-order valence-electron chi connectivity index (χ0n) is 12.0. The molecule has 20 heavy (non-hydrogen) atoms. The molecular formula is C15H20F3NO. The maximum atomic E-state index is 12.4. The van der Waals surface area contributed by atoms with Gasteiger partial charge in [0, 0.05) is 12.1 Å². The molecule has 0 spiro atoms. The van der Waals surface area contributed by atoms with E-state index >= 15 is 0 Å². The normalized spacial score (nSPS) is 20.6. The minimum absolute atomic E-state index is 0.0920. The minimum Gasteiger partial charge on any atom is -0.406 e. The van der Waals surface area contributed by atoms with Gasteiger partial charge in [0.25, 0.3) is 0 Å². The van der Waals surface area contributed by atoms with E-state index in [0.29, 0.717) is 11.6 Å². The SMILES string of the molecule is Cc1ccc(C2CCCN2C(C)C)cc1OC(F)(F)F. The van der Waals surface area contributed by atoms with Crippen LogP contribution in [0.4, 0.5) is 13.2 Å². The van der Waals surface area contributed by atoms with Crippen molar-refractivity contribution in [1.82, 2.24) is 4.90 Å². The monoisotopic (exact) mass is 287 g/mol. The Hall–Kier alpha value is -1.23. The number of nitrogens with zero attached hydrogens (tertiary/aromatic N) is 1. The molecule has 112 valence electrons. The smallest absolute Gasteiger partial charge is 0.406 e. The van der Waals surface area contributed by atoms with E-state index in [4.69, 9.17) is 0 Å². The molecule has 1 aliphatic rings. The van der Waals surface area contributed by atoms with Gasteiger partial charge in [0.1, 0.15) is 5.75 Å². The average molecular weight is 287 g/mol. The van der Waals surface area contributed by atoms with Gasteiger partial charge in [0.05, 0.1) is 0 Å². The molecule has 1 heterocycles. The lowest BCUT2D eigenvalue weighted by molar-refractivity contribution is -0.274. The zero-order chi connectivity index (χ0) is 14.9. The summed E-state index contributed by atoms with van der Waals surface area (Å²) in [5, 5.41) is 0. The van der Waals surface area contributed by atoms with Crippen LogP contribution in [0.25, 0.3) is 0 Å². The Balaban J connectivity index is 2.27. The highest BCUT2D eigenvalue weighted by atomic mass is 19.4. The van der Waals surface area contributed by atoms with Crippen molar-refractivity contribution < 1.29 is 17.9 Å². The topological polar surface area (TPSA) is 12.5 Å². The van der Waals surface area contributed by atoms with Crippen LogP contribution in [-0.2, 0) is 0 Å². The highest BCUT2D eigenvalue weighted by Crippen LogP contribution is 2.36. The highest BCUT2D eigenvalue weighted by molar-refractivity contribution is 5.38. The van der Waals surface area contributed by atoms with Crippen molar-refractivity contribution in [3.63, 3.8) is 0 Å².